The van der Waals surface area contributed by atoms with Crippen molar-refractivity contribution in [3.63, 3.8) is 0 Å². The predicted octanol–water partition coefficient (Wildman–Crippen LogP) is 1.86. The van der Waals surface area contributed by atoms with Gasteiger partial charge in [-0.05, 0) is 68.2 Å². The Bertz CT molecular complexity index is 933. The lowest BCUT2D eigenvalue weighted by molar-refractivity contribution is 0.222. The molecule has 1 aromatic heterocycles. The van der Waals surface area contributed by atoms with Crippen molar-refractivity contribution < 1.29 is 4.79 Å². The van der Waals surface area contributed by atoms with E-state index >= 15 is 0 Å². The van der Waals surface area contributed by atoms with Gasteiger partial charge in [0.25, 0.3) is 0 Å². The summed E-state index contributed by atoms with van der Waals surface area (Å²) in [6.07, 6.45) is 8.05. The van der Waals surface area contributed by atoms with Gasteiger partial charge in [0.1, 0.15) is 5.82 Å². The lowest BCUT2D eigenvalue weighted by atomic mass is 9.83. The van der Waals surface area contributed by atoms with Crippen LogP contribution in [-0.2, 0) is 6.42 Å². The first-order valence-corrected chi connectivity index (χ1v) is 10.7. The third-order valence-corrected chi connectivity index (χ3v) is 6.18. The van der Waals surface area contributed by atoms with Crippen LogP contribution in [0.25, 0.3) is 5.69 Å². The molecule has 8 heteroatoms. The average molecular weight is 411 g/mol. The van der Waals surface area contributed by atoms with Crippen LogP contribution in [0.15, 0.2) is 41.3 Å². The van der Waals surface area contributed by atoms with Crippen molar-refractivity contribution in [1.82, 2.24) is 14.5 Å². The summed E-state index contributed by atoms with van der Waals surface area (Å²) in [5.74, 6) is 0.932. The molecule has 1 aliphatic heterocycles. The van der Waals surface area contributed by atoms with Crippen molar-refractivity contribution in [3.05, 3.63) is 52.6 Å². The van der Waals surface area contributed by atoms with Crippen molar-refractivity contribution in [2.75, 3.05) is 18.4 Å². The standard InChI is InChI=1S/C22H30N6O2/c23-17-5-1-15(2-6-17)13-16-3-7-19(8-4-16)28-12-10-20(26-22(28)30)25-21(29)27-11-9-18(24)14-27/h3-4,7-8,10,12,15,17-18H,1-2,5-6,9,11,13-14,23-24H2,(H,25,26,29,30)/t15?,17?,18-/m1/s1. The van der Waals surface area contributed by atoms with Gasteiger partial charge in [0.2, 0.25) is 0 Å². The summed E-state index contributed by atoms with van der Waals surface area (Å²) in [5, 5.41) is 2.68. The molecule has 1 aromatic carbocycles. The molecule has 30 heavy (non-hydrogen) atoms. The molecule has 4 rings (SSSR count). The monoisotopic (exact) mass is 410 g/mol. The number of rotatable bonds is 4. The van der Waals surface area contributed by atoms with Gasteiger partial charge in [0.15, 0.2) is 0 Å². The third kappa shape index (κ3) is 4.88. The number of aromatic nitrogens is 2. The number of carbonyl (C=O) groups is 1. The van der Waals surface area contributed by atoms with Gasteiger partial charge < -0.3 is 16.4 Å². The molecule has 0 radical (unpaired) electrons. The Morgan fingerprint density at radius 1 is 1.03 bits per heavy atom. The second-order valence-electron chi connectivity index (χ2n) is 8.54. The lowest BCUT2D eigenvalue weighted by Crippen LogP contribution is -2.36. The van der Waals surface area contributed by atoms with Gasteiger partial charge in [-0.25, -0.2) is 9.59 Å². The van der Waals surface area contributed by atoms with Crippen molar-refractivity contribution in [2.24, 2.45) is 17.4 Å². The second kappa shape index (κ2) is 8.97. The Balaban J connectivity index is 1.39. The number of hydrogen-bond donors (Lipinski definition) is 3. The van der Waals surface area contributed by atoms with Crippen molar-refractivity contribution in [3.8, 4) is 5.69 Å². The second-order valence-corrected chi connectivity index (χ2v) is 8.54. The van der Waals surface area contributed by atoms with Gasteiger partial charge in [-0.1, -0.05) is 12.1 Å². The van der Waals surface area contributed by atoms with E-state index in [2.05, 4.69) is 22.4 Å². The van der Waals surface area contributed by atoms with Gasteiger partial charge >= 0.3 is 11.7 Å². The maximum atomic E-state index is 12.5. The molecule has 1 saturated carbocycles. The fourth-order valence-electron chi connectivity index (χ4n) is 4.35. The molecule has 1 atom stereocenters. The van der Waals surface area contributed by atoms with Crippen LogP contribution in [0.5, 0.6) is 0 Å². The minimum absolute atomic E-state index is 0.00960. The highest BCUT2D eigenvalue weighted by Gasteiger charge is 2.24. The summed E-state index contributed by atoms with van der Waals surface area (Å²) in [6.45, 7) is 1.13. The van der Waals surface area contributed by atoms with Gasteiger partial charge in [-0.3, -0.25) is 9.88 Å². The molecule has 2 aromatic rings. The highest BCUT2D eigenvalue weighted by atomic mass is 16.2. The van der Waals surface area contributed by atoms with E-state index in [0.29, 0.717) is 25.0 Å². The number of nitrogens with two attached hydrogens (primary N) is 2. The molecule has 8 nitrogen and oxygen atoms in total. The quantitative estimate of drug-likeness (QED) is 0.711. The third-order valence-electron chi connectivity index (χ3n) is 6.18. The average Bonchev–Trinajstić information content (AvgIpc) is 3.17. The highest BCUT2D eigenvalue weighted by molar-refractivity contribution is 5.88. The van der Waals surface area contributed by atoms with Gasteiger partial charge in [-0.2, -0.15) is 4.98 Å². The number of hydrogen-bond acceptors (Lipinski definition) is 5. The zero-order valence-corrected chi connectivity index (χ0v) is 17.2. The van der Waals surface area contributed by atoms with E-state index in [1.807, 2.05) is 12.1 Å². The number of urea groups is 1. The lowest BCUT2D eigenvalue weighted by Gasteiger charge is -2.26. The van der Waals surface area contributed by atoms with Gasteiger partial charge in [-0.15, -0.1) is 0 Å². The zero-order valence-electron chi connectivity index (χ0n) is 17.2. The van der Waals surface area contributed by atoms with Crippen molar-refractivity contribution in [1.29, 1.82) is 0 Å². The van der Waals surface area contributed by atoms with E-state index in [0.717, 1.165) is 31.4 Å². The molecule has 1 saturated heterocycles. The van der Waals surface area contributed by atoms with Crippen LogP contribution >= 0.6 is 0 Å². The molecule has 2 fully saturated rings. The Labute approximate surface area is 176 Å². The fraction of sp³-hybridized carbons (Fsp3) is 0.500. The number of anilines is 1. The van der Waals surface area contributed by atoms with Crippen molar-refractivity contribution >= 4 is 11.8 Å². The zero-order chi connectivity index (χ0) is 21.1. The number of nitrogens with zero attached hydrogens (tertiary/aromatic N) is 3. The smallest absolute Gasteiger partial charge is 0.328 e. The Kier molecular flexibility index (Phi) is 6.15. The molecule has 0 unspecified atom stereocenters. The van der Waals surface area contributed by atoms with Crippen LogP contribution in [0, 0.1) is 5.92 Å². The summed E-state index contributed by atoms with van der Waals surface area (Å²) in [7, 11) is 0. The number of amides is 2. The SMILES string of the molecule is NC1CCC(Cc2ccc(-n3ccc(NC(=O)N4CC[C@@H](N)C4)nc3=O)cc2)CC1. The Hall–Kier alpha value is -2.71. The highest BCUT2D eigenvalue weighted by Crippen LogP contribution is 2.26. The maximum absolute atomic E-state index is 12.5. The predicted molar refractivity (Wildman–Crippen MR) is 117 cm³/mol. The van der Waals surface area contributed by atoms with Gasteiger partial charge in [0.05, 0.1) is 5.69 Å². The van der Waals surface area contributed by atoms with Crippen LogP contribution in [-0.4, -0.2) is 45.7 Å². The Morgan fingerprint density at radius 3 is 2.40 bits per heavy atom. The van der Waals surface area contributed by atoms with E-state index in [9.17, 15) is 9.59 Å². The molecule has 0 spiro atoms. The minimum atomic E-state index is -0.431. The maximum Gasteiger partial charge on any atom is 0.354 e. The molecular weight excluding hydrogens is 380 g/mol. The summed E-state index contributed by atoms with van der Waals surface area (Å²) < 4.78 is 1.48. The largest absolute Gasteiger partial charge is 0.354 e. The summed E-state index contributed by atoms with van der Waals surface area (Å²) in [4.78, 5) is 30.4. The molecule has 2 amide bonds. The minimum Gasteiger partial charge on any atom is -0.328 e. The van der Waals surface area contributed by atoms with Crippen LogP contribution in [0.4, 0.5) is 10.6 Å². The van der Waals surface area contributed by atoms with Gasteiger partial charge in [0, 0.05) is 31.4 Å². The molecule has 2 heterocycles. The molecule has 160 valence electrons. The molecule has 0 bridgehead atoms. The van der Waals surface area contributed by atoms with Crippen LogP contribution in [0.1, 0.15) is 37.7 Å². The molecule has 1 aliphatic carbocycles. The normalized spacial score (nSPS) is 24.1. The van der Waals surface area contributed by atoms with Crippen LogP contribution in [0.3, 0.4) is 0 Å². The fourth-order valence-corrected chi connectivity index (χ4v) is 4.35. The Morgan fingerprint density at radius 2 is 1.77 bits per heavy atom. The summed E-state index contributed by atoms with van der Waals surface area (Å²) in [5.41, 5.74) is 13.4. The van der Waals surface area contributed by atoms with E-state index in [-0.39, 0.29) is 17.9 Å². The number of benzene rings is 1. The van der Waals surface area contributed by atoms with E-state index in [1.165, 1.54) is 23.0 Å². The van der Waals surface area contributed by atoms with E-state index < -0.39 is 5.69 Å². The number of likely N-dealkylation sites (tertiary alicyclic amines) is 1. The van der Waals surface area contributed by atoms with E-state index in [4.69, 9.17) is 11.5 Å². The van der Waals surface area contributed by atoms with Crippen LogP contribution < -0.4 is 22.5 Å². The molecule has 2 aliphatic rings. The van der Waals surface area contributed by atoms with Crippen molar-refractivity contribution in [2.45, 2.75) is 50.6 Å². The summed E-state index contributed by atoms with van der Waals surface area (Å²) in [6, 6.07) is 9.76. The van der Waals surface area contributed by atoms with E-state index in [1.54, 1.807) is 17.2 Å². The summed E-state index contributed by atoms with van der Waals surface area (Å²) >= 11 is 0. The first-order chi connectivity index (χ1) is 14.5. The molecule has 5 N–H and O–H groups in total. The first-order valence-electron chi connectivity index (χ1n) is 10.7. The molecular formula is C22H30N6O2. The first kappa shape index (κ1) is 20.6. The number of carbonyl (C=O) groups excluding carboxylic acids is 1. The van der Waals surface area contributed by atoms with Crippen LogP contribution in [0.2, 0.25) is 0 Å². The number of nitrogens with one attached hydrogen (secondary N) is 1. The topological polar surface area (TPSA) is 119 Å².